The molecule has 1 unspecified atom stereocenters. The van der Waals surface area contributed by atoms with Crippen LogP contribution in [0.5, 0.6) is 11.5 Å². The van der Waals surface area contributed by atoms with Crippen molar-refractivity contribution in [2.45, 2.75) is 5.92 Å². The van der Waals surface area contributed by atoms with Gasteiger partial charge in [0, 0.05) is 37.8 Å². The van der Waals surface area contributed by atoms with Crippen LogP contribution in [0.2, 0.25) is 0 Å². The Balaban J connectivity index is 1.46. The van der Waals surface area contributed by atoms with Crippen molar-refractivity contribution in [2.24, 2.45) is 0 Å². The van der Waals surface area contributed by atoms with Crippen LogP contribution >= 0.6 is 0 Å². The molecule has 1 atom stereocenters. The molecule has 8 heteroatoms. The first-order valence-electron chi connectivity index (χ1n) is 12.1. The van der Waals surface area contributed by atoms with Gasteiger partial charge in [0.05, 0.1) is 0 Å². The molecule has 38 heavy (non-hydrogen) atoms. The maximum absolute atomic E-state index is 12.3. The van der Waals surface area contributed by atoms with Gasteiger partial charge in [0.2, 0.25) is 0 Å². The topological polar surface area (TPSA) is 108 Å². The molecule has 1 aliphatic heterocycles. The van der Waals surface area contributed by atoms with Crippen molar-refractivity contribution in [1.29, 1.82) is 5.26 Å². The predicted molar refractivity (Wildman–Crippen MR) is 147 cm³/mol. The molecule has 0 fully saturated rings. The van der Waals surface area contributed by atoms with Gasteiger partial charge in [-0.2, -0.15) is 5.26 Å². The molecule has 4 aromatic rings. The minimum Gasteiger partial charge on any atom is -0.457 e. The normalized spacial score (nSPS) is 14.5. The number of carbonyl (C=O) groups is 1. The zero-order valence-electron chi connectivity index (χ0n) is 21.1. The summed E-state index contributed by atoms with van der Waals surface area (Å²) in [4.78, 5) is 24.6. The van der Waals surface area contributed by atoms with Crippen LogP contribution in [0.15, 0.2) is 90.8 Å². The van der Waals surface area contributed by atoms with Crippen LogP contribution in [-0.2, 0) is 4.79 Å². The molecule has 0 saturated carbocycles. The largest absolute Gasteiger partial charge is 0.457 e. The van der Waals surface area contributed by atoms with Gasteiger partial charge in [-0.05, 0) is 53.6 Å². The molecule has 2 heterocycles. The summed E-state index contributed by atoms with van der Waals surface area (Å²) in [5.41, 5.74) is 9.97. The second-order valence-electron chi connectivity index (χ2n) is 9.11. The number of para-hydroxylation sites is 1. The lowest BCUT2D eigenvalue weighted by atomic mass is 9.94. The minimum atomic E-state index is -0.343. The molecule has 0 aliphatic carbocycles. The van der Waals surface area contributed by atoms with E-state index >= 15 is 0 Å². The van der Waals surface area contributed by atoms with E-state index < -0.39 is 0 Å². The van der Waals surface area contributed by atoms with Gasteiger partial charge in [0.15, 0.2) is 0 Å². The number of fused-ring (bicyclic) bond motifs is 1. The zero-order valence-corrected chi connectivity index (χ0v) is 21.1. The predicted octanol–water partition coefficient (Wildman–Crippen LogP) is 5.13. The highest BCUT2D eigenvalue weighted by Gasteiger charge is 2.34. The van der Waals surface area contributed by atoms with Crippen LogP contribution in [-0.4, -0.2) is 41.4 Å². The first-order chi connectivity index (χ1) is 18.4. The summed E-state index contributed by atoms with van der Waals surface area (Å²) >= 11 is 0. The van der Waals surface area contributed by atoms with Gasteiger partial charge in [-0.15, -0.1) is 0 Å². The zero-order chi connectivity index (χ0) is 26.6. The Morgan fingerprint density at radius 2 is 1.79 bits per heavy atom. The number of nitrogens with zero attached hydrogens (tertiary/aromatic N) is 5. The minimum absolute atomic E-state index is 0.0545. The summed E-state index contributed by atoms with van der Waals surface area (Å²) in [5.74, 6) is 2.29. The number of nitriles is 1. The molecule has 1 amide bonds. The second-order valence-corrected chi connectivity index (χ2v) is 9.11. The van der Waals surface area contributed by atoms with Crippen LogP contribution < -0.4 is 15.4 Å². The Morgan fingerprint density at radius 3 is 2.50 bits per heavy atom. The molecule has 0 radical (unpaired) electrons. The fourth-order valence-electron chi connectivity index (χ4n) is 4.53. The summed E-state index contributed by atoms with van der Waals surface area (Å²) < 4.78 is 5.95. The summed E-state index contributed by atoms with van der Waals surface area (Å²) in [6, 6.07) is 27.3. The Morgan fingerprint density at radius 1 is 1.05 bits per heavy atom. The highest BCUT2D eigenvalue weighted by Crippen LogP contribution is 2.45. The Hall–Kier alpha value is -5.16. The van der Waals surface area contributed by atoms with Crippen LogP contribution in [0, 0.1) is 11.3 Å². The summed E-state index contributed by atoms with van der Waals surface area (Å²) in [6.07, 6.45) is 3.06. The van der Waals surface area contributed by atoms with E-state index in [0.29, 0.717) is 12.4 Å². The van der Waals surface area contributed by atoms with Gasteiger partial charge in [-0.25, -0.2) is 9.97 Å². The molecule has 0 bridgehead atoms. The number of amides is 1. The lowest BCUT2D eigenvalue weighted by molar-refractivity contribution is -0.124. The van der Waals surface area contributed by atoms with Gasteiger partial charge < -0.3 is 20.3 Å². The number of aromatic nitrogens is 2. The Bertz CT molecular complexity index is 1540. The van der Waals surface area contributed by atoms with Gasteiger partial charge in [-0.3, -0.25) is 4.79 Å². The maximum Gasteiger partial charge on any atom is 0.264 e. The maximum atomic E-state index is 12.3. The van der Waals surface area contributed by atoms with E-state index in [4.69, 9.17) is 10.5 Å². The molecule has 0 saturated heterocycles. The van der Waals surface area contributed by atoms with Crippen molar-refractivity contribution in [3.05, 3.63) is 107 Å². The summed E-state index contributed by atoms with van der Waals surface area (Å²) in [6.45, 7) is 0.603. The van der Waals surface area contributed by atoms with Crippen molar-refractivity contribution in [1.82, 2.24) is 14.9 Å². The molecular formula is C30H26N6O2. The molecule has 1 aromatic heterocycles. The van der Waals surface area contributed by atoms with E-state index in [1.807, 2.05) is 84.9 Å². The number of rotatable bonds is 6. The number of likely N-dealkylation sites (N-methyl/N-ethyl adjacent to an activating group) is 1. The van der Waals surface area contributed by atoms with E-state index in [-0.39, 0.29) is 17.4 Å². The highest BCUT2D eigenvalue weighted by atomic mass is 16.5. The van der Waals surface area contributed by atoms with E-state index in [2.05, 4.69) is 14.9 Å². The fourth-order valence-corrected chi connectivity index (χ4v) is 4.53. The third kappa shape index (κ3) is 4.90. The fraction of sp³-hybridized carbons (Fsp3) is 0.133. The molecule has 188 valence electrons. The molecule has 3 aromatic carbocycles. The third-order valence-electron chi connectivity index (χ3n) is 6.37. The second kappa shape index (κ2) is 10.4. The average Bonchev–Trinajstić information content (AvgIpc) is 3.33. The SMILES string of the molecule is CN(C)C(=O)/C(C#N)=C/c1cccc(N2CC(c3ccc(Oc4ccccc4)cc3)c3c(N)ncnc32)c1. The number of ether oxygens (including phenoxy) is 1. The molecule has 2 N–H and O–H groups in total. The number of anilines is 3. The molecule has 5 rings (SSSR count). The van der Waals surface area contributed by atoms with E-state index in [0.717, 1.165) is 39.7 Å². The summed E-state index contributed by atoms with van der Waals surface area (Å²) in [5, 5.41) is 9.50. The standard InChI is InChI=1S/C30H26N6O2/c1-35(2)30(37)22(17-31)15-20-7-6-8-23(16-20)36-18-26(27-28(32)33-19-34-29(27)36)21-11-13-25(14-12-21)38-24-9-4-3-5-10-24/h3-16,19,26H,18H2,1-2H3,(H2,32,33,34)/b22-15+. The Labute approximate surface area is 221 Å². The van der Waals surface area contributed by atoms with Crippen molar-refractivity contribution < 1.29 is 9.53 Å². The Kier molecular flexibility index (Phi) is 6.74. The smallest absolute Gasteiger partial charge is 0.264 e. The molecular weight excluding hydrogens is 476 g/mol. The van der Waals surface area contributed by atoms with Crippen LogP contribution in [0.25, 0.3) is 6.08 Å². The molecule has 8 nitrogen and oxygen atoms in total. The number of nitrogen functional groups attached to an aromatic ring is 1. The van der Waals surface area contributed by atoms with Crippen molar-refractivity contribution >= 4 is 29.3 Å². The number of nitrogens with two attached hydrogens (primary N) is 1. The first-order valence-corrected chi connectivity index (χ1v) is 12.1. The quantitative estimate of drug-likeness (QED) is 0.288. The van der Waals surface area contributed by atoms with Crippen LogP contribution in [0.1, 0.15) is 22.6 Å². The monoisotopic (exact) mass is 502 g/mol. The average molecular weight is 503 g/mol. The summed E-state index contributed by atoms with van der Waals surface area (Å²) in [7, 11) is 3.24. The van der Waals surface area contributed by atoms with Crippen molar-refractivity contribution in [2.75, 3.05) is 31.3 Å². The first kappa shape index (κ1) is 24.5. The van der Waals surface area contributed by atoms with E-state index in [1.165, 1.54) is 11.2 Å². The van der Waals surface area contributed by atoms with Gasteiger partial charge in [-0.1, -0.05) is 42.5 Å². The number of hydrogen-bond acceptors (Lipinski definition) is 7. The van der Waals surface area contributed by atoms with Gasteiger partial charge >= 0.3 is 0 Å². The number of benzene rings is 3. The number of carbonyl (C=O) groups excluding carboxylic acids is 1. The molecule has 1 aliphatic rings. The lowest BCUT2D eigenvalue weighted by Gasteiger charge is -2.20. The highest BCUT2D eigenvalue weighted by molar-refractivity contribution is 6.01. The van der Waals surface area contributed by atoms with Gasteiger partial charge in [0.1, 0.15) is 41.1 Å². The van der Waals surface area contributed by atoms with E-state index in [9.17, 15) is 10.1 Å². The van der Waals surface area contributed by atoms with Crippen LogP contribution in [0.3, 0.4) is 0 Å². The number of hydrogen-bond donors (Lipinski definition) is 1. The van der Waals surface area contributed by atoms with Crippen molar-refractivity contribution in [3.63, 3.8) is 0 Å². The third-order valence-corrected chi connectivity index (χ3v) is 6.37. The molecule has 0 spiro atoms. The van der Waals surface area contributed by atoms with Gasteiger partial charge in [0.25, 0.3) is 5.91 Å². The van der Waals surface area contributed by atoms with E-state index in [1.54, 1.807) is 20.2 Å². The van der Waals surface area contributed by atoms with Crippen LogP contribution in [0.4, 0.5) is 17.3 Å². The van der Waals surface area contributed by atoms with Crippen molar-refractivity contribution in [3.8, 4) is 17.6 Å². The lowest BCUT2D eigenvalue weighted by Crippen LogP contribution is -2.22.